The van der Waals surface area contributed by atoms with Crippen molar-refractivity contribution in [1.82, 2.24) is 10.3 Å². The highest BCUT2D eigenvalue weighted by atomic mass is 14.9. The molecule has 0 aliphatic rings. The van der Waals surface area contributed by atoms with Crippen LogP contribution in [0, 0.1) is 0 Å². The van der Waals surface area contributed by atoms with Gasteiger partial charge in [0.2, 0.25) is 0 Å². The maximum atomic E-state index is 4.07. The molecule has 2 nitrogen and oxygen atoms in total. The number of rotatable bonds is 12. The Morgan fingerprint density at radius 3 is 2.25 bits per heavy atom. The summed E-state index contributed by atoms with van der Waals surface area (Å²) in [6.45, 7) is 2.28. The zero-order valence-electron chi connectivity index (χ0n) is 13.4. The SMILES string of the molecule is CCCCCCCCCC(CCc1ccncc1)NC. The van der Waals surface area contributed by atoms with Crippen molar-refractivity contribution in [3.63, 3.8) is 0 Å². The van der Waals surface area contributed by atoms with E-state index in [1.165, 1.54) is 63.4 Å². The van der Waals surface area contributed by atoms with E-state index in [1.807, 2.05) is 12.4 Å². The largest absolute Gasteiger partial charge is 0.317 e. The summed E-state index contributed by atoms with van der Waals surface area (Å²) in [6.07, 6.45) is 17.3. The van der Waals surface area contributed by atoms with Crippen LogP contribution in [-0.4, -0.2) is 18.1 Å². The molecule has 1 heterocycles. The molecule has 1 N–H and O–H groups in total. The van der Waals surface area contributed by atoms with Crippen molar-refractivity contribution in [2.75, 3.05) is 7.05 Å². The second kappa shape index (κ2) is 11.9. The van der Waals surface area contributed by atoms with Crippen LogP contribution in [0.4, 0.5) is 0 Å². The van der Waals surface area contributed by atoms with Gasteiger partial charge in [0.15, 0.2) is 0 Å². The van der Waals surface area contributed by atoms with Crippen LogP contribution < -0.4 is 5.32 Å². The lowest BCUT2D eigenvalue weighted by Crippen LogP contribution is -2.25. The molecule has 0 saturated carbocycles. The summed E-state index contributed by atoms with van der Waals surface area (Å²) in [4.78, 5) is 4.07. The second-order valence-corrected chi connectivity index (χ2v) is 5.79. The Kier molecular flexibility index (Phi) is 10.2. The van der Waals surface area contributed by atoms with E-state index >= 15 is 0 Å². The lowest BCUT2D eigenvalue weighted by molar-refractivity contribution is 0.457. The second-order valence-electron chi connectivity index (χ2n) is 5.79. The molecule has 1 atom stereocenters. The first-order valence-electron chi connectivity index (χ1n) is 8.43. The molecule has 20 heavy (non-hydrogen) atoms. The molecular weight excluding hydrogens is 244 g/mol. The molecule has 0 saturated heterocycles. The topological polar surface area (TPSA) is 24.9 Å². The van der Waals surface area contributed by atoms with Crippen molar-refractivity contribution >= 4 is 0 Å². The molecule has 2 heteroatoms. The van der Waals surface area contributed by atoms with Crippen molar-refractivity contribution in [2.24, 2.45) is 0 Å². The number of aryl methyl sites for hydroxylation is 1. The minimum Gasteiger partial charge on any atom is -0.317 e. The summed E-state index contributed by atoms with van der Waals surface area (Å²) in [5, 5.41) is 3.47. The molecular formula is C18H32N2. The number of aromatic nitrogens is 1. The highest BCUT2D eigenvalue weighted by Crippen LogP contribution is 2.12. The van der Waals surface area contributed by atoms with E-state index in [4.69, 9.17) is 0 Å². The molecule has 1 aromatic rings. The van der Waals surface area contributed by atoms with Crippen LogP contribution in [0.5, 0.6) is 0 Å². The molecule has 0 radical (unpaired) electrons. The van der Waals surface area contributed by atoms with Crippen LogP contribution in [0.2, 0.25) is 0 Å². The standard InChI is InChI=1S/C18H32N2/c1-3-4-5-6-7-8-9-10-18(19-2)12-11-17-13-15-20-16-14-17/h13-16,18-19H,3-12H2,1-2H3. The number of unbranched alkanes of at least 4 members (excludes halogenated alkanes) is 6. The van der Waals surface area contributed by atoms with E-state index in [0.29, 0.717) is 6.04 Å². The molecule has 1 unspecified atom stereocenters. The molecule has 0 aliphatic heterocycles. The van der Waals surface area contributed by atoms with Gasteiger partial charge in [0.05, 0.1) is 0 Å². The maximum Gasteiger partial charge on any atom is 0.0270 e. The zero-order chi connectivity index (χ0) is 14.5. The van der Waals surface area contributed by atoms with Gasteiger partial charge in [-0.1, -0.05) is 51.9 Å². The fourth-order valence-electron chi connectivity index (χ4n) is 2.67. The van der Waals surface area contributed by atoms with E-state index < -0.39 is 0 Å². The maximum absolute atomic E-state index is 4.07. The molecule has 0 aromatic carbocycles. The van der Waals surface area contributed by atoms with Crippen molar-refractivity contribution in [2.45, 2.75) is 77.2 Å². The Morgan fingerprint density at radius 1 is 0.950 bits per heavy atom. The van der Waals surface area contributed by atoms with Crippen molar-refractivity contribution < 1.29 is 0 Å². The normalized spacial score (nSPS) is 12.5. The first kappa shape index (κ1) is 17.2. The predicted molar refractivity (Wildman–Crippen MR) is 88.0 cm³/mol. The van der Waals surface area contributed by atoms with Crippen LogP contribution in [0.25, 0.3) is 0 Å². The molecule has 1 rings (SSSR count). The number of hydrogen-bond acceptors (Lipinski definition) is 2. The van der Waals surface area contributed by atoms with Crippen molar-refractivity contribution in [3.05, 3.63) is 30.1 Å². The third kappa shape index (κ3) is 8.31. The summed E-state index contributed by atoms with van der Waals surface area (Å²) in [5.41, 5.74) is 1.40. The van der Waals surface area contributed by atoms with Crippen molar-refractivity contribution in [1.29, 1.82) is 0 Å². The quantitative estimate of drug-likeness (QED) is 0.558. The molecule has 0 spiro atoms. The summed E-state index contributed by atoms with van der Waals surface area (Å²) < 4.78 is 0. The third-order valence-corrected chi connectivity index (χ3v) is 4.10. The van der Waals surface area contributed by atoms with Gasteiger partial charge in [-0.3, -0.25) is 4.98 Å². The smallest absolute Gasteiger partial charge is 0.0270 e. The first-order chi connectivity index (χ1) is 9.86. The predicted octanol–water partition coefficient (Wildman–Crippen LogP) is 4.74. The monoisotopic (exact) mass is 276 g/mol. The van der Waals surface area contributed by atoms with Crippen LogP contribution in [0.3, 0.4) is 0 Å². The van der Waals surface area contributed by atoms with Gasteiger partial charge in [0.25, 0.3) is 0 Å². The van der Waals surface area contributed by atoms with Gasteiger partial charge in [-0.15, -0.1) is 0 Å². The number of pyridine rings is 1. The number of hydrogen-bond donors (Lipinski definition) is 1. The lowest BCUT2D eigenvalue weighted by atomic mass is 10.00. The highest BCUT2D eigenvalue weighted by molar-refractivity contribution is 5.09. The van der Waals surface area contributed by atoms with E-state index in [-0.39, 0.29) is 0 Å². The number of nitrogens with one attached hydrogen (secondary N) is 1. The Bertz CT molecular complexity index is 310. The minimum absolute atomic E-state index is 0.666. The summed E-state index contributed by atoms with van der Waals surface area (Å²) in [6, 6.07) is 4.92. The summed E-state index contributed by atoms with van der Waals surface area (Å²) >= 11 is 0. The average molecular weight is 276 g/mol. The summed E-state index contributed by atoms with van der Waals surface area (Å²) in [5.74, 6) is 0. The van der Waals surface area contributed by atoms with Gasteiger partial charge in [-0.05, 0) is 44.0 Å². The molecule has 0 amide bonds. The van der Waals surface area contributed by atoms with Crippen LogP contribution >= 0.6 is 0 Å². The van der Waals surface area contributed by atoms with Crippen LogP contribution in [0.15, 0.2) is 24.5 Å². The van der Waals surface area contributed by atoms with Gasteiger partial charge in [0, 0.05) is 18.4 Å². The Balaban J connectivity index is 2.04. The molecule has 1 aromatic heterocycles. The molecule has 0 aliphatic carbocycles. The molecule has 0 bridgehead atoms. The van der Waals surface area contributed by atoms with Gasteiger partial charge < -0.3 is 5.32 Å². The van der Waals surface area contributed by atoms with Gasteiger partial charge in [-0.2, -0.15) is 0 Å². The molecule has 0 fully saturated rings. The van der Waals surface area contributed by atoms with E-state index in [1.54, 1.807) is 0 Å². The Morgan fingerprint density at radius 2 is 1.60 bits per heavy atom. The highest BCUT2D eigenvalue weighted by Gasteiger charge is 2.06. The van der Waals surface area contributed by atoms with E-state index in [2.05, 4.69) is 36.4 Å². The lowest BCUT2D eigenvalue weighted by Gasteiger charge is -2.16. The summed E-state index contributed by atoms with van der Waals surface area (Å²) in [7, 11) is 2.10. The Hall–Kier alpha value is -0.890. The van der Waals surface area contributed by atoms with Gasteiger partial charge in [0.1, 0.15) is 0 Å². The molecule has 114 valence electrons. The zero-order valence-corrected chi connectivity index (χ0v) is 13.4. The van der Waals surface area contributed by atoms with E-state index in [9.17, 15) is 0 Å². The fourth-order valence-corrected chi connectivity index (χ4v) is 2.67. The first-order valence-corrected chi connectivity index (χ1v) is 8.43. The Labute approximate surface area is 125 Å². The van der Waals surface area contributed by atoms with Crippen LogP contribution in [0.1, 0.15) is 70.3 Å². The van der Waals surface area contributed by atoms with Gasteiger partial charge >= 0.3 is 0 Å². The minimum atomic E-state index is 0.666. The fraction of sp³-hybridized carbons (Fsp3) is 0.722. The van der Waals surface area contributed by atoms with Crippen LogP contribution in [-0.2, 0) is 6.42 Å². The van der Waals surface area contributed by atoms with Crippen molar-refractivity contribution in [3.8, 4) is 0 Å². The average Bonchev–Trinajstić information content (AvgIpc) is 2.50. The van der Waals surface area contributed by atoms with Gasteiger partial charge in [-0.25, -0.2) is 0 Å². The third-order valence-electron chi connectivity index (χ3n) is 4.10. The van der Waals surface area contributed by atoms with E-state index in [0.717, 1.165) is 6.42 Å². The number of nitrogens with zero attached hydrogens (tertiary/aromatic N) is 1.